The lowest BCUT2D eigenvalue weighted by Gasteiger charge is -2.45. The second-order valence-electron chi connectivity index (χ2n) is 8.67. The van der Waals surface area contributed by atoms with Crippen LogP contribution in [0.1, 0.15) is 71.1 Å². The molecule has 0 saturated heterocycles. The first-order valence-corrected chi connectivity index (χ1v) is 12.9. The summed E-state index contributed by atoms with van der Waals surface area (Å²) in [5, 5.41) is 10.5. The van der Waals surface area contributed by atoms with Gasteiger partial charge < -0.3 is 10.00 Å². The molecule has 5 heteroatoms. The molecule has 2 aliphatic carbocycles. The minimum Gasteiger partial charge on any atom is -0.392 e. The van der Waals surface area contributed by atoms with Gasteiger partial charge in [0.25, 0.3) is 0 Å². The summed E-state index contributed by atoms with van der Waals surface area (Å²) in [4.78, 5) is 21.5. The number of carbonyl (C=O) groups is 1. The Morgan fingerprint density at radius 3 is 2.59 bits per heavy atom. The number of carbonyl (C=O) groups excluding carboxylic acids is 1. The number of hydrogen-bond donors (Lipinski definition) is 2. The molecule has 4 atom stereocenters. The molecule has 2 rings (SSSR count). The van der Waals surface area contributed by atoms with Gasteiger partial charge in [0.1, 0.15) is 0 Å². The lowest BCUT2D eigenvalue weighted by Crippen LogP contribution is -2.40. The predicted octanol–water partition coefficient (Wildman–Crippen LogP) is 5.10. The van der Waals surface area contributed by atoms with Gasteiger partial charge in [0.05, 0.1) is 6.10 Å². The van der Waals surface area contributed by atoms with Crippen LogP contribution in [0.4, 0.5) is 0 Å². The molecule has 0 bridgehead atoms. The summed E-state index contributed by atoms with van der Waals surface area (Å²) in [5.74, 6) is 0.386. The van der Waals surface area contributed by atoms with E-state index in [-0.39, 0.29) is 29.1 Å². The molecule has 0 spiro atoms. The number of ketones is 1. The summed E-state index contributed by atoms with van der Waals surface area (Å²) in [5.41, 5.74) is 0.127. The van der Waals surface area contributed by atoms with Crippen molar-refractivity contribution in [1.82, 2.24) is 0 Å². The summed E-state index contributed by atoms with van der Waals surface area (Å²) < 4.78 is 11.3. The summed E-state index contributed by atoms with van der Waals surface area (Å²) >= 11 is 0. The van der Waals surface area contributed by atoms with Crippen LogP contribution in [0.2, 0.25) is 0 Å². The van der Waals surface area contributed by atoms with Gasteiger partial charge in [-0.3, -0.25) is 9.36 Å². The maximum atomic E-state index is 12.2. The highest BCUT2D eigenvalue weighted by Gasteiger charge is 2.41. The molecular formula is C22H37O4P. The molecule has 2 N–H and O–H groups in total. The van der Waals surface area contributed by atoms with Crippen molar-refractivity contribution in [2.75, 3.05) is 12.8 Å². The molecule has 0 amide bonds. The molecular weight excluding hydrogens is 359 g/mol. The number of unbranched alkanes of at least 4 members (excludes halogenated alkanes) is 3. The molecule has 1 saturated carbocycles. The van der Waals surface area contributed by atoms with Crippen LogP contribution < -0.4 is 0 Å². The molecule has 2 aliphatic rings. The normalized spacial score (nSPS) is 27.6. The highest BCUT2D eigenvalue weighted by Crippen LogP contribution is 2.47. The van der Waals surface area contributed by atoms with E-state index in [1.807, 2.05) is 6.08 Å². The first kappa shape index (κ1) is 22.6. The average molecular weight is 397 g/mol. The summed E-state index contributed by atoms with van der Waals surface area (Å²) in [6.45, 7) is 3.58. The van der Waals surface area contributed by atoms with Crippen LogP contribution in [0.15, 0.2) is 24.3 Å². The number of rotatable bonds is 12. The van der Waals surface area contributed by atoms with E-state index < -0.39 is 7.37 Å². The molecule has 0 heterocycles. The topological polar surface area (TPSA) is 74.6 Å². The van der Waals surface area contributed by atoms with E-state index in [0.717, 1.165) is 51.4 Å². The first-order chi connectivity index (χ1) is 12.8. The molecule has 27 heavy (non-hydrogen) atoms. The molecule has 0 aliphatic heterocycles. The van der Waals surface area contributed by atoms with Crippen LogP contribution in [0, 0.1) is 17.3 Å². The van der Waals surface area contributed by atoms with Gasteiger partial charge in [-0.2, -0.15) is 0 Å². The summed E-state index contributed by atoms with van der Waals surface area (Å²) in [7, 11) is -2.88. The van der Waals surface area contributed by atoms with E-state index in [2.05, 4.69) is 19.1 Å². The zero-order chi connectivity index (χ0) is 19.9. The van der Waals surface area contributed by atoms with Crippen molar-refractivity contribution in [2.45, 2.75) is 77.2 Å². The smallest absolute Gasteiger partial charge is 0.197 e. The Bertz CT molecular complexity index is 580. The molecule has 4 unspecified atom stereocenters. The fourth-order valence-electron chi connectivity index (χ4n) is 4.48. The molecule has 0 aromatic carbocycles. The third-order valence-corrected chi connectivity index (χ3v) is 7.77. The van der Waals surface area contributed by atoms with Crippen LogP contribution >= 0.6 is 7.37 Å². The van der Waals surface area contributed by atoms with E-state index in [1.165, 1.54) is 13.1 Å². The van der Waals surface area contributed by atoms with Gasteiger partial charge in [-0.1, -0.05) is 50.8 Å². The average Bonchev–Trinajstić information content (AvgIpc) is 2.90. The highest BCUT2D eigenvalue weighted by molar-refractivity contribution is 7.57. The maximum absolute atomic E-state index is 12.2. The number of allylic oxidation sites excluding steroid dienone is 3. The Morgan fingerprint density at radius 1 is 1.30 bits per heavy atom. The largest absolute Gasteiger partial charge is 0.392 e. The Morgan fingerprint density at radius 2 is 2.00 bits per heavy atom. The number of aliphatic hydroxyl groups is 1. The second-order valence-corrected chi connectivity index (χ2v) is 11.2. The molecule has 4 nitrogen and oxygen atoms in total. The van der Waals surface area contributed by atoms with Gasteiger partial charge >= 0.3 is 0 Å². The Hall–Kier alpha value is -0.700. The van der Waals surface area contributed by atoms with Crippen molar-refractivity contribution in [3.8, 4) is 0 Å². The van der Waals surface area contributed by atoms with Gasteiger partial charge in [0.2, 0.25) is 0 Å². The number of hydrogen-bond acceptors (Lipinski definition) is 3. The summed E-state index contributed by atoms with van der Waals surface area (Å²) in [6.07, 6.45) is 17.8. The third-order valence-electron chi connectivity index (χ3n) is 6.63. The van der Waals surface area contributed by atoms with Gasteiger partial charge in [-0.25, -0.2) is 0 Å². The standard InChI is InChI=1S/C22H37O4P/c1-3-22(15-9-16-22)21(24)12-8-10-18-13-14-20(23)19(18)11-6-4-5-7-17-27(2,25)26/h8,10,13-14,18-19,21,24H,3-7,9,11-12,15-17H2,1-2H3,(H,25,26)/b10-8+. The van der Waals surface area contributed by atoms with Crippen molar-refractivity contribution < 1.29 is 19.4 Å². The maximum Gasteiger partial charge on any atom is 0.197 e. The van der Waals surface area contributed by atoms with Crippen molar-refractivity contribution in [3.05, 3.63) is 24.3 Å². The quantitative estimate of drug-likeness (QED) is 0.274. The molecule has 1 fully saturated rings. The van der Waals surface area contributed by atoms with E-state index in [0.29, 0.717) is 12.6 Å². The van der Waals surface area contributed by atoms with Gasteiger partial charge in [0, 0.05) is 24.7 Å². The molecule has 0 radical (unpaired) electrons. The van der Waals surface area contributed by atoms with Crippen LogP contribution in [0.5, 0.6) is 0 Å². The van der Waals surface area contributed by atoms with Gasteiger partial charge in [-0.15, -0.1) is 0 Å². The lowest BCUT2D eigenvalue weighted by atomic mass is 9.63. The fourth-order valence-corrected chi connectivity index (χ4v) is 5.29. The van der Waals surface area contributed by atoms with E-state index in [1.54, 1.807) is 6.08 Å². The monoisotopic (exact) mass is 396 g/mol. The third kappa shape index (κ3) is 6.69. The minimum atomic E-state index is -2.88. The van der Waals surface area contributed by atoms with E-state index >= 15 is 0 Å². The highest BCUT2D eigenvalue weighted by atomic mass is 31.2. The second kappa shape index (κ2) is 10.2. The van der Waals surface area contributed by atoms with E-state index in [9.17, 15) is 19.4 Å². The zero-order valence-corrected chi connectivity index (χ0v) is 17.9. The van der Waals surface area contributed by atoms with Crippen LogP contribution in [0.3, 0.4) is 0 Å². The Balaban J connectivity index is 1.71. The van der Waals surface area contributed by atoms with Crippen LogP contribution in [-0.2, 0) is 9.36 Å². The molecule has 0 aromatic rings. The van der Waals surface area contributed by atoms with Crippen molar-refractivity contribution in [3.63, 3.8) is 0 Å². The Labute approximate surface area is 164 Å². The SMILES string of the molecule is CCC1(C(O)C/C=C/C2C=CC(=O)C2CCCCCCP(C)(=O)O)CCC1. The summed E-state index contributed by atoms with van der Waals surface area (Å²) in [6, 6.07) is 0. The van der Waals surface area contributed by atoms with Crippen molar-refractivity contribution >= 4 is 13.2 Å². The first-order valence-electron chi connectivity index (χ1n) is 10.6. The lowest BCUT2D eigenvalue weighted by molar-refractivity contribution is -0.118. The van der Waals surface area contributed by atoms with Gasteiger partial charge in [-0.05, 0) is 50.0 Å². The predicted molar refractivity (Wildman–Crippen MR) is 111 cm³/mol. The van der Waals surface area contributed by atoms with Crippen LogP contribution in [0.25, 0.3) is 0 Å². The Kier molecular flexibility index (Phi) is 8.52. The number of aliphatic hydroxyl groups excluding tert-OH is 1. The van der Waals surface area contributed by atoms with Gasteiger partial charge in [0.15, 0.2) is 13.2 Å². The van der Waals surface area contributed by atoms with E-state index in [4.69, 9.17) is 0 Å². The van der Waals surface area contributed by atoms with Crippen molar-refractivity contribution in [1.29, 1.82) is 0 Å². The minimum absolute atomic E-state index is 0.0253. The zero-order valence-electron chi connectivity index (χ0n) is 17.0. The molecule has 0 aromatic heterocycles. The van der Waals surface area contributed by atoms with Crippen LogP contribution in [-0.4, -0.2) is 34.7 Å². The molecule has 154 valence electrons. The van der Waals surface area contributed by atoms with Crippen molar-refractivity contribution in [2.24, 2.45) is 17.3 Å². The fraction of sp³-hybridized carbons (Fsp3) is 0.773.